The summed E-state index contributed by atoms with van der Waals surface area (Å²) in [4.78, 5) is 2.30. The lowest BCUT2D eigenvalue weighted by Crippen LogP contribution is -2.10. The van der Waals surface area contributed by atoms with E-state index in [0.717, 1.165) is 19.3 Å². The predicted octanol–water partition coefficient (Wildman–Crippen LogP) is 8.85. The zero-order valence-electron chi connectivity index (χ0n) is 20.8. The Kier molecular flexibility index (Phi) is 5.78. The quantitative estimate of drug-likeness (QED) is 0.371. The SMILES string of the molecule is CC1C=CC=C(C2=CC(c3cccc(N(C)c4cccc(-c5ccc6c(c5)CC6)c4)c3)=CCC2)C1. The summed E-state index contributed by atoms with van der Waals surface area (Å²) in [5, 5.41) is 0. The second-order valence-electron chi connectivity index (χ2n) is 10.3. The molecule has 0 radical (unpaired) electrons. The van der Waals surface area contributed by atoms with E-state index in [1.807, 2.05) is 0 Å². The second kappa shape index (κ2) is 9.23. The fraction of sp³-hybridized carbons (Fsp3) is 0.235. The zero-order valence-corrected chi connectivity index (χ0v) is 20.8. The van der Waals surface area contributed by atoms with Crippen LogP contribution in [-0.2, 0) is 12.8 Å². The van der Waals surface area contributed by atoms with Crippen molar-refractivity contribution in [2.45, 2.75) is 39.0 Å². The molecular weight excluding hydrogens is 422 g/mol. The molecule has 3 aliphatic carbocycles. The molecule has 174 valence electrons. The van der Waals surface area contributed by atoms with E-state index in [1.165, 1.54) is 68.8 Å². The van der Waals surface area contributed by atoms with E-state index >= 15 is 0 Å². The van der Waals surface area contributed by atoms with Crippen molar-refractivity contribution in [2.75, 3.05) is 11.9 Å². The van der Waals surface area contributed by atoms with Gasteiger partial charge in [-0.15, -0.1) is 0 Å². The largest absolute Gasteiger partial charge is 0.345 e. The molecule has 1 atom stereocenters. The number of rotatable bonds is 5. The van der Waals surface area contributed by atoms with Crippen LogP contribution in [0.5, 0.6) is 0 Å². The average molecular weight is 456 g/mol. The number of hydrogen-bond donors (Lipinski definition) is 0. The summed E-state index contributed by atoms with van der Waals surface area (Å²) in [6.45, 7) is 2.31. The zero-order chi connectivity index (χ0) is 23.8. The first-order valence-electron chi connectivity index (χ1n) is 13.0. The molecule has 0 amide bonds. The third-order valence-electron chi connectivity index (χ3n) is 7.80. The molecule has 3 aromatic rings. The first-order chi connectivity index (χ1) is 17.1. The van der Waals surface area contributed by atoms with Gasteiger partial charge in [-0.25, -0.2) is 0 Å². The topological polar surface area (TPSA) is 3.24 Å². The highest BCUT2D eigenvalue weighted by Gasteiger charge is 2.16. The Morgan fingerprint density at radius 3 is 2.23 bits per heavy atom. The maximum absolute atomic E-state index is 2.42. The van der Waals surface area contributed by atoms with Crippen LogP contribution in [0.25, 0.3) is 16.7 Å². The maximum Gasteiger partial charge on any atom is 0.0414 e. The predicted molar refractivity (Wildman–Crippen MR) is 150 cm³/mol. The monoisotopic (exact) mass is 455 g/mol. The average Bonchev–Trinajstić information content (AvgIpc) is 2.89. The van der Waals surface area contributed by atoms with Gasteiger partial charge in [0.25, 0.3) is 0 Å². The summed E-state index contributed by atoms with van der Waals surface area (Å²) in [6.07, 6.45) is 17.5. The molecule has 0 aromatic heterocycles. The standard InChI is InChI=1S/C34H33N/c1-24-7-3-8-26(19-24)27-9-4-10-28(20-27)29-11-5-13-33(22-29)35(2)34-14-6-12-30(23-34)32-18-16-25-15-17-31(25)21-32/h3,5-8,10-14,16,18,20-24H,4,9,15,17,19H2,1-2H3. The number of nitrogens with zero attached hydrogens (tertiary/aromatic N) is 1. The van der Waals surface area contributed by atoms with Gasteiger partial charge in [0.1, 0.15) is 0 Å². The van der Waals surface area contributed by atoms with E-state index in [0.29, 0.717) is 5.92 Å². The third-order valence-corrected chi connectivity index (χ3v) is 7.80. The fourth-order valence-corrected chi connectivity index (χ4v) is 5.55. The molecule has 0 N–H and O–H groups in total. The van der Waals surface area contributed by atoms with Gasteiger partial charge in [-0.05, 0) is 107 Å². The van der Waals surface area contributed by atoms with Gasteiger partial charge >= 0.3 is 0 Å². The summed E-state index contributed by atoms with van der Waals surface area (Å²) in [5.41, 5.74) is 13.7. The van der Waals surface area contributed by atoms with Crippen molar-refractivity contribution in [1.29, 1.82) is 0 Å². The fourth-order valence-electron chi connectivity index (χ4n) is 5.55. The van der Waals surface area contributed by atoms with Crippen molar-refractivity contribution in [1.82, 2.24) is 0 Å². The van der Waals surface area contributed by atoms with Gasteiger partial charge in [0, 0.05) is 18.4 Å². The minimum Gasteiger partial charge on any atom is -0.345 e. The minimum atomic E-state index is 0.630. The Bertz CT molecular complexity index is 1400. The van der Waals surface area contributed by atoms with Crippen LogP contribution >= 0.6 is 0 Å². The Morgan fingerprint density at radius 2 is 1.49 bits per heavy atom. The van der Waals surface area contributed by atoms with Crippen molar-refractivity contribution in [3.8, 4) is 11.1 Å². The van der Waals surface area contributed by atoms with Crippen LogP contribution < -0.4 is 4.90 Å². The Hall–Kier alpha value is -3.58. The van der Waals surface area contributed by atoms with Crippen molar-refractivity contribution in [3.63, 3.8) is 0 Å². The molecule has 1 unspecified atom stereocenters. The summed E-state index contributed by atoms with van der Waals surface area (Å²) in [6, 6.07) is 24.9. The van der Waals surface area contributed by atoms with Crippen molar-refractivity contribution in [3.05, 3.63) is 125 Å². The number of benzene rings is 3. The molecule has 3 aromatic carbocycles. The van der Waals surface area contributed by atoms with Crippen LogP contribution in [0.4, 0.5) is 11.4 Å². The minimum absolute atomic E-state index is 0.630. The van der Waals surface area contributed by atoms with Crippen molar-refractivity contribution < 1.29 is 0 Å². The Balaban J connectivity index is 1.26. The summed E-state index contributed by atoms with van der Waals surface area (Å²) in [7, 11) is 2.17. The highest BCUT2D eigenvalue weighted by atomic mass is 15.1. The van der Waals surface area contributed by atoms with E-state index in [9.17, 15) is 0 Å². The van der Waals surface area contributed by atoms with E-state index in [1.54, 1.807) is 0 Å². The lowest BCUT2D eigenvalue weighted by Gasteiger charge is -2.23. The number of fused-ring (bicyclic) bond motifs is 1. The molecule has 1 heteroatoms. The molecule has 6 rings (SSSR count). The van der Waals surface area contributed by atoms with Gasteiger partial charge in [-0.2, -0.15) is 0 Å². The van der Waals surface area contributed by atoms with E-state index < -0.39 is 0 Å². The summed E-state index contributed by atoms with van der Waals surface area (Å²) in [5.74, 6) is 0.630. The highest BCUT2D eigenvalue weighted by Crippen LogP contribution is 2.36. The van der Waals surface area contributed by atoms with Gasteiger partial charge in [0.15, 0.2) is 0 Å². The van der Waals surface area contributed by atoms with Gasteiger partial charge in [0.05, 0.1) is 0 Å². The normalized spacial score (nSPS) is 18.7. The van der Waals surface area contributed by atoms with Crippen LogP contribution in [0.1, 0.15) is 42.9 Å². The van der Waals surface area contributed by atoms with E-state index in [-0.39, 0.29) is 0 Å². The molecule has 0 aliphatic heterocycles. The van der Waals surface area contributed by atoms with E-state index in [4.69, 9.17) is 0 Å². The smallest absolute Gasteiger partial charge is 0.0414 e. The molecule has 0 saturated carbocycles. The molecular formula is C34H33N. The number of allylic oxidation sites excluding steroid dienone is 8. The summed E-state index contributed by atoms with van der Waals surface area (Å²) >= 11 is 0. The molecule has 3 aliphatic rings. The van der Waals surface area contributed by atoms with Crippen molar-refractivity contribution >= 4 is 16.9 Å². The molecule has 0 fully saturated rings. The third kappa shape index (κ3) is 4.44. The van der Waals surface area contributed by atoms with Gasteiger partial charge in [-0.1, -0.05) is 79.8 Å². The summed E-state index contributed by atoms with van der Waals surface area (Å²) < 4.78 is 0. The molecule has 0 saturated heterocycles. The van der Waals surface area contributed by atoms with Gasteiger partial charge < -0.3 is 4.90 Å². The number of aryl methyl sites for hydroxylation is 2. The molecule has 0 bridgehead atoms. The Labute approximate surface area is 209 Å². The van der Waals surface area contributed by atoms with Crippen LogP contribution in [0.3, 0.4) is 0 Å². The number of anilines is 2. The highest BCUT2D eigenvalue weighted by molar-refractivity contribution is 5.80. The van der Waals surface area contributed by atoms with Crippen LogP contribution in [0.15, 0.2) is 108 Å². The lowest BCUT2D eigenvalue weighted by molar-refractivity contribution is 0.704. The molecule has 1 nitrogen and oxygen atoms in total. The first kappa shape index (κ1) is 21.9. The van der Waals surface area contributed by atoms with Crippen molar-refractivity contribution in [2.24, 2.45) is 5.92 Å². The Morgan fingerprint density at radius 1 is 0.743 bits per heavy atom. The maximum atomic E-state index is 2.42. The molecule has 0 heterocycles. The lowest BCUT2D eigenvalue weighted by atomic mass is 9.85. The first-order valence-corrected chi connectivity index (χ1v) is 13.0. The van der Waals surface area contributed by atoms with Crippen LogP contribution in [0, 0.1) is 5.92 Å². The number of hydrogen-bond acceptors (Lipinski definition) is 1. The molecule has 35 heavy (non-hydrogen) atoms. The van der Waals surface area contributed by atoms with Crippen LogP contribution in [0.2, 0.25) is 0 Å². The van der Waals surface area contributed by atoms with Gasteiger partial charge in [-0.3, -0.25) is 0 Å². The molecule has 0 spiro atoms. The van der Waals surface area contributed by atoms with Crippen LogP contribution in [-0.4, -0.2) is 7.05 Å². The van der Waals surface area contributed by atoms with Gasteiger partial charge in [0.2, 0.25) is 0 Å². The van der Waals surface area contributed by atoms with E-state index in [2.05, 4.69) is 116 Å². The second-order valence-corrected chi connectivity index (χ2v) is 10.3.